The van der Waals surface area contributed by atoms with Crippen LogP contribution in [0.3, 0.4) is 0 Å². The van der Waals surface area contributed by atoms with Crippen LogP contribution in [0.1, 0.15) is 51.0 Å². The number of rotatable bonds is 7. The van der Waals surface area contributed by atoms with E-state index in [0.29, 0.717) is 11.3 Å². The second kappa shape index (κ2) is 8.06. The molecule has 1 atom stereocenters. The van der Waals surface area contributed by atoms with E-state index in [-0.39, 0.29) is 30.6 Å². The third-order valence-corrected chi connectivity index (χ3v) is 7.10. The number of hydrogen-bond donors (Lipinski definition) is 1. The zero-order valence-electron chi connectivity index (χ0n) is 16.9. The lowest BCUT2D eigenvalue weighted by Crippen LogP contribution is -2.56. The lowest BCUT2D eigenvalue weighted by atomic mass is 9.48. The molecule has 6 nitrogen and oxygen atoms in total. The van der Waals surface area contributed by atoms with Crippen LogP contribution < -0.4 is 10.1 Å². The van der Waals surface area contributed by atoms with Crippen LogP contribution in [0.15, 0.2) is 24.3 Å². The standard InChI is InChI=1S/C23H28N2O4/c1-15(23-9-16-6-17(10-23)8-18(7-16)11-23)25-21(26)13-29-22(27)14-28-20-5-3-2-4-19(20)12-24/h2-5,15-18H,6-11,13-14H2,1H3,(H,25,26)/t15-,16?,17?,18?,23?/m0/s1. The van der Waals surface area contributed by atoms with E-state index in [4.69, 9.17) is 14.7 Å². The Labute approximate surface area is 171 Å². The highest BCUT2D eigenvalue weighted by Gasteiger charge is 2.53. The number of nitrogens with one attached hydrogen (secondary N) is 1. The summed E-state index contributed by atoms with van der Waals surface area (Å²) in [6.45, 7) is 1.46. The van der Waals surface area contributed by atoms with E-state index in [2.05, 4.69) is 12.2 Å². The summed E-state index contributed by atoms with van der Waals surface area (Å²) < 4.78 is 10.4. The average Bonchev–Trinajstić information content (AvgIpc) is 2.70. The number of carbonyl (C=O) groups excluding carboxylic acids is 2. The molecule has 0 aromatic heterocycles. The minimum absolute atomic E-state index is 0.0980. The highest BCUT2D eigenvalue weighted by molar-refractivity contribution is 5.81. The van der Waals surface area contributed by atoms with Gasteiger partial charge in [0.05, 0.1) is 5.56 Å². The van der Waals surface area contributed by atoms with E-state index in [0.717, 1.165) is 17.8 Å². The molecule has 4 fully saturated rings. The van der Waals surface area contributed by atoms with Crippen LogP contribution in [-0.4, -0.2) is 31.1 Å². The zero-order chi connectivity index (χ0) is 20.4. The van der Waals surface area contributed by atoms with Crippen molar-refractivity contribution in [2.75, 3.05) is 13.2 Å². The van der Waals surface area contributed by atoms with E-state index >= 15 is 0 Å². The molecular formula is C23H28N2O4. The fourth-order valence-corrected chi connectivity index (χ4v) is 6.15. The summed E-state index contributed by atoms with van der Waals surface area (Å²) in [6, 6.07) is 8.77. The third kappa shape index (κ3) is 4.24. The number of esters is 1. The molecule has 1 aromatic carbocycles. The molecule has 1 N–H and O–H groups in total. The van der Waals surface area contributed by atoms with Gasteiger partial charge in [-0.2, -0.15) is 5.26 Å². The van der Waals surface area contributed by atoms with Crippen LogP contribution in [0.5, 0.6) is 5.75 Å². The maximum Gasteiger partial charge on any atom is 0.344 e. The molecule has 29 heavy (non-hydrogen) atoms. The minimum atomic E-state index is -0.629. The van der Waals surface area contributed by atoms with Crippen molar-refractivity contribution in [3.8, 4) is 11.8 Å². The summed E-state index contributed by atoms with van der Waals surface area (Å²) >= 11 is 0. The van der Waals surface area contributed by atoms with Gasteiger partial charge in [-0.05, 0) is 80.8 Å². The van der Waals surface area contributed by atoms with Crippen LogP contribution in [0, 0.1) is 34.5 Å². The van der Waals surface area contributed by atoms with Gasteiger partial charge in [0.1, 0.15) is 11.8 Å². The number of nitriles is 1. The van der Waals surface area contributed by atoms with Gasteiger partial charge in [0.2, 0.25) is 0 Å². The molecule has 1 aromatic rings. The number of amides is 1. The lowest BCUT2D eigenvalue weighted by molar-refractivity contribution is -0.151. The molecular weight excluding hydrogens is 368 g/mol. The van der Waals surface area contributed by atoms with E-state index in [1.54, 1.807) is 24.3 Å². The van der Waals surface area contributed by atoms with Gasteiger partial charge in [-0.3, -0.25) is 4.79 Å². The van der Waals surface area contributed by atoms with E-state index in [1.807, 2.05) is 6.07 Å². The molecule has 4 aliphatic rings. The van der Waals surface area contributed by atoms with Crippen molar-refractivity contribution in [1.29, 1.82) is 5.26 Å². The van der Waals surface area contributed by atoms with Crippen LogP contribution in [0.25, 0.3) is 0 Å². The van der Waals surface area contributed by atoms with Gasteiger partial charge < -0.3 is 14.8 Å². The van der Waals surface area contributed by atoms with Crippen molar-refractivity contribution in [3.05, 3.63) is 29.8 Å². The third-order valence-electron chi connectivity index (χ3n) is 7.10. The predicted octanol–water partition coefficient (Wildman–Crippen LogP) is 3.20. The molecule has 154 valence electrons. The molecule has 0 radical (unpaired) electrons. The first-order valence-corrected chi connectivity index (χ1v) is 10.5. The number of para-hydroxylation sites is 1. The Bertz CT molecular complexity index is 793. The molecule has 1 amide bonds. The second-order valence-electron chi connectivity index (χ2n) is 9.13. The Balaban J connectivity index is 1.23. The molecule has 5 rings (SSSR count). The van der Waals surface area contributed by atoms with Gasteiger partial charge in [0.25, 0.3) is 5.91 Å². The summed E-state index contributed by atoms with van der Waals surface area (Å²) in [7, 11) is 0. The molecule has 0 spiro atoms. The lowest BCUT2D eigenvalue weighted by Gasteiger charge is -2.59. The smallest absolute Gasteiger partial charge is 0.344 e. The minimum Gasteiger partial charge on any atom is -0.481 e. The first-order valence-electron chi connectivity index (χ1n) is 10.5. The highest BCUT2D eigenvalue weighted by atomic mass is 16.6. The zero-order valence-corrected chi connectivity index (χ0v) is 16.9. The van der Waals surface area contributed by atoms with Crippen molar-refractivity contribution in [2.45, 2.75) is 51.5 Å². The number of hydrogen-bond acceptors (Lipinski definition) is 5. The van der Waals surface area contributed by atoms with Gasteiger partial charge >= 0.3 is 5.97 Å². The number of nitrogens with zero attached hydrogens (tertiary/aromatic N) is 1. The van der Waals surface area contributed by atoms with Gasteiger partial charge in [0.15, 0.2) is 13.2 Å². The maximum absolute atomic E-state index is 12.4. The van der Waals surface area contributed by atoms with Crippen LogP contribution in [-0.2, 0) is 14.3 Å². The Morgan fingerprint density at radius 1 is 1.14 bits per heavy atom. The first-order chi connectivity index (χ1) is 14.0. The van der Waals surface area contributed by atoms with Gasteiger partial charge in [-0.1, -0.05) is 12.1 Å². The van der Waals surface area contributed by atoms with Crippen molar-refractivity contribution >= 4 is 11.9 Å². The summed E-state index contributed by atoms with van der Waals surface area (Å²) in [4.78, 5) is 24.3. The quantitative estimate of drug-likeness (QED) is 0.715. The number of benzene rings is 1. The van der Waals surface area contributed by atoms with E-state index in [1.165, 1.54) is 38.5 Å². The van der Waals surface area contributed by atoms with Crippen LogP contribution >= 0.6 is 0 Å². The summed E-state index contributed by atoms with van der Waals surface area (Å²) in [5, 5.41) is 12.1. The summed E-state index contributed by atoms with van der Waals surface area (Å²) in [6.07, 6.45) is 7.75. The van der Waals surface area contributed by atoms with E-state index in [9.17, 15) is 9.59 Å². The molecule has 4 saturated carbocycles. The largest absolute Gasteiger partial charge is 0.481 e. The normalized spacial score (nSPS) is 30.3. The summed E-state index contributed by atoms with van der Waals surface area (Å²) in [5.41, 5.74) is 0.570. The van der Waals surface area contributed by atoms with Crippen LogP contribution in [0.2, 0.25) is 0 Å². The van der Waals surface area contributed by atoms with Gasteiger partial charge in [-0.15, -0.1) is 0 Å². The van der Waals surface area contributed by atoms with Crippen LogP contribution in [0.4, 0.5) is 0 Å². The molecule has 4 aliphatic carbocycles. The van der Waals surface area contributed by atoms with E-state index < -0.39 is 5.97 Å². The fraction of sp³-hybridized carbons (Fsp3) is 0.609. The number of ether oxygens (including phenoxy) is 2. The average molecular weight is 396 g/mol. The topological polar surface area (TPSA) is 88.4 Å². The molecule has 4 bridgehead atoms. The second-order valence-corrected chi connectivity index (χ2v) is 9.13. The van der Waals surface area contributed by atoms with Gasteiger partial charge in [0, 0.05) is 6.04 Å². The molecule has 0 heterocycles. The summed E-state index contributed by atoms with van der Waals surface area (Å²) in [5.74, 6) is 1.91. The molecule has 0 saturated heterocycles. The monoisotopic (exact) mass is 396 g/mol. The first kappa shape index (κ1) is 19.8. The van der Waals surface area contributed by atoms with Crippen molar-refractivity contribution in [3.63, 3.8) is 0 Å². The van der Waals surface area contributed by atoms with Gasteiger partial charge in [-0.25, -0.2) is 4.79 Å². The Morgan fingerprint density at radius 3 is 2.38 bits per heavy atom. The predicted molar refractivity (Wildman–Crippen MR) is 106 cm³/mol. The molecule has 0 unspecified atom stereocenters. The SMILES string of the molecule is C[C@H](NC(=O)COC(=O)COc1ccccc1C#N)C12CC3CC(CC(C3)C1)C2. The molecule has 6 heteroatoms. The van der Waals surface area contributed by atoms with Crippen molar-refractivity contribution in [2.24, 2.45) is 23.2 Å². The number of carbonyl (C=O) groups is 2. The van der Waals surface area contributed by atoms with Crippen molar-refractivity contribution < 1.29 is 19.1 Å². The Morgan fingerprint density at radius 2 is 1.76 bits per heavy atom. The van der Waals surface area contributed by atoms with Crippen molar-refractivity contribution in [1.82, 2.24) is 5.32 Å². The fourth-order valence-electron chi connectivity index (χ4n) is 6.15. The maximum atomic E-state index is 12.4. The Hall–Kier alpha value is -2.55. The Kier molecular flexibility index (Phi) is 5.49. The highest BCUT2D eigenvalue weighted by Crippen LogP contribution is 2.61. The molecule has 0 aliphatic heterocycles.